The molecule has 1 fully saturated rings. The largest absolute Gasteiger partial charge is 0.416 e. The Bertz CT molecular complexity index is 806. The number of carbonyl (C=O) groups excluding carboxylic acids is 1. The first-order valence-electron chi connectivity index (χ1n) is 8.96. The van der Waals surface area contributed by atoms with E-state index in [0.717, 1.165) is 44.9 Å². The zero-order valence-electron chi connectivity index (χ0n) is 15.2. The smallest absolute Gasteiger partial charge is 0.324 e. The van der Waals surface area contributed by atoms with E-state index in [2.05, 4.69) is 22.3 Å². The number of benzene rings is 2. The van der Waals surface area contributed by atoms with E-state index in [-0.39, 0.29) is 23.2 Å². The quantitative estimate of drug-likeness (QED) is 0.804. The summed E-state index contributed by atoms with van der Waals surface area (Å²) in [7, 11) is 0. The van der Waals surface area contributed by atoms with Crippen molar-refractivity contribution >= 4 is 23.2 Å². The SMILES string of the molecule is O=C(CN1CCN(Cc2ccccc2)CC1)Nc1ccc(C(F)(F)F)cc1Cl. The van der Waals surface area contributed by atoms with Crippen LogP contribution in [0.15, 0.2) is 48.5 Å². The zero-order chi connectivity index (χ0) is 20.1. The first kappa shape index (κ1) is 20.6. The van der Waals surface area contributed by atoms with E-state index >= 15 is 0 Å². The number of amides is 1. The standard InChI is InChI=1S/C20H21ClF3N3O/c21-17-12-16(20(22,23)24)6-7-18(17)25-19(28)14-27-10-8-26(9-11-27)13-15-4-2-1-3-5-15/h1-7,12H,8-11,13-14H2,(H,25,28). The molecule has 1 aliphatic heterocycles. The van der Waals surface area contributed by atoms with Gasteiger partial charge in [-0.05, 0) is 23.8 Å². The predicted molar refractivity (Wildman–Crippen MR) is 103 cm³/mol. The Kier molecular flexibility index (Phi) is 6.59. The first-order valence-corrected chi connectivity index (χ1v) is 9.34. The van der Waals surface area contributed by atoms with Crippen LogP contribution in [0.25, 0.3) is 0 Å². The van der Waals surface area contributed by atoms with E-state index in [9.17, 15) is 18.0 Å². The number of hydrogen-bond acceptors (Lipinski definition) is 3. The molecule has 0 spiro atoms. The molecule has 0 radical (unpaired) electrons. The van der Waals surface area contributed by atoms with Gasteiger partial charge in [-0.15, -0.1) is 0 Å². The lowest BCUT2D eigenvalue weighted by Crippen LogP contribution is -2.48. The van der Waals surface area contributed by atoms with Gasteiger partial charge in [-0.2, -0.15) is 13.2 Å². The molecule has 1 aliphatic rings. The Morgan fingerprint density at radius 3 is 2.25 bits per heavy atom. The third kappa shape index (κ3) is 5.70. The highest BCUT2D eigenvalue weighted by Gasteiger charge is 2.31. The highest BCUT2D eigenvalue weighted by molar-refractivity contribution is 6.33. The Labute approximate surface area is 166 Å². The van der Waals surface area contributed by atoms with Gasteiger partial charge in [0.05, 0.1) is 22.8 Å². The van der Waals surface area contributed by atoms with Gasteiger partial charge in [0.2, 0.25) is 5.91 Å². The molecular formula is C20H21ClF3N3O. The van der Waals surface area contributed by atoms with Crippen molar-refractivity contribution in [1.29, 1.82) is 0 Å². The number of alkyl halides is 3. The Morgan fingerprint density at radius 1 is 1.00 bits per heavy atom. The summed E-state index contributed by atoms with van der Waals surface area (Å²) in [6.45, 7) is 4.26. The molecule has 8 heteroatoms. The summed E-state index contributed by atoms with van der Waals surface area (Å²) in [6.07, 6.45) is -4.47. The van der Waals surface area contributed by atoms with Gasteiger partial charge in [-0.25, -0.2) is 0 Å². The van der Waals surface area contributed by atoms with Gasteiger partial charge in [0.1, 0.15) is 0 Å². The zero-order valence-corrected chi connectivity index (χ0v) is 15.9. The van der Waals surface area contributed by atoms with Crippen molar-refractivity contribution in [3.63, 3.8) is 0 Å². The number of carbonyl (C=O) groups is 1. The number of halogens is 4. The number of rotatable bonds is 5. The third-order valence-corrected chi connectivity index (χ3v) is 4.96. The Morgan fingerprint density at radius 2 is 1.64 bits per heavy atom. The molecule has 0 unspecified atom stereocenters. The van der Waals surface area contributed by atoms with Crippen molar-refractivity contribution in [2.24, 2.45) is 0 Å². The molecule has 0 bridgehead atoms. The lowest BCUT2D eigenvalue weighted by Gasteiger charge is -2.34. The third-order valence-electron chi connectivity index (χ3n) is 4.65. The van der Waals surface area contributed by atoms with Gasteiger partial charge in [0.25, 0.3) is 0 Å². The second-order valence-electron chi connectivity index (χ2n) is 6.78. The van der Waals surface area contributed by atoms with E-state index in [4.69, 9.17) is 11.6 Å². The van der Waals surface area contributed by atoms with Crippen LogP contribution in [-0.2, 0) is 17.5 Å². The van der Waals surface area contributed by atoms with Gasteiger partial charge in [0.15, 0.2) is 0 Å². The Hall–Kier alpha value is -2.09. The minimum atomic E-state index is -4.47. The van der Waals surface area contributed by atoms with Crippen LogP contribution >= 0.6 is 11.6 Å². The van der Waals surface area contributed by atoms with Crippen LogP contribution in [-0.4, -0.2) is 48.4 Å². The number of hydrogen-bond donors (Lipinski definition) is 1. The van der Waals surface area contributed by atoms with Crippen molar-refractivity contribution in [1.82, 2.24) is 9.80 Å². The lowest BCUT2D eigenvalue weighted by molar-refractivity contribution is -0.137. The van der Waals surface area contributed by atoms with Gasteiger partial charge in [-0.1, -0.05) is 41.9 Å². The summed E-state index contributed by atoms with van der Waals surface area (Å²) in [5.41, 5.74) is 0.595. The summed E-state index contributed by atoms with van der Waals surface area (Å²) < 4.78 is 38.1. The van der Waals surface area contributed by atoms with Crippen LogP contribution in [0.4, 0.5) is 18.9 Å². The van der Waals surface area contributed by atoms with Crippen LogP contribution in [0.1, 0.15) is 11.1 Å². The Balaban J connectivity index is 1.47. The summed E-state index contributed by atoms with van der Waals surface area (Å²) >= 11 is 5.88. The summed E-state index contributed by atoms with van der Waals surface area (Å²) in [6, 6.07) is 13.1. The van der Waals surface area contributed by atoms with Crippen LogP contribution in [0.2, 0.25) is 5.02 Å². The van der Waals surface area contributed by atoms with E-state index in [1.54, 1.807) is 0 Å². The van der Waals surface area contributed by atoms with Gasteiger partial charge in [-0.3, -0.25) is 14.6 Å². The topological polar surface area (TPSA) is 35.6 Å². The molecule has 3 rings (SSSR count). The molecule has 2 aromatic rings. The normalized spacial score (nSPS) is 16.1. The molecule has 0 saturated carbocycles. The first-order chi connectivity index (χ1) is 13.3. The van der Waals surface area contributed by atoms with E-state index < -0.39 is 11.7 Å². The van der Waals surface area contributed by atoms with Gasteiger partial charge >= 0.3 is 6.18 Å². The van der Waals surface area contributed by atoms with Crippen molar-refractivity contribution in [2.45, 2.75) is 12.7 Å². The molecule has 1 N–H and O–H groups in total. The maximum Gasteiger partial charge on any atom is 0.416 e. The monoisotopic (exact) mass is 411 g/mol. The fourth-order valence-corrected chi connectivity index (χ4v) is 3.36. The van der Waals surface area contributed by atoms with Crippen LogP contribution in [0.3, 0.4) is 0 Å². The fourth-order valence-electron chi connectivity index (χ4n) is 3.13. The summed E-state index contributed by atoms with van der Waals surface area (Å²) in [5.74, 6) is -0.293. The van der Waals surface area contributed by atoms with Crippen molar-refractivity contribution in [2.75, 3.05) is 38.0 Å². The number of nitrogens with zero attached hydrogens (tertiary/aromatic N) is 2. The molecule has 1 heterocycles. The van der Waals surface area contributed by atoms with Crippen molar-refractivity contribution in [3.8, 4) is 0 Å². The van der Waals surface area contributed by atoms with Crippen LogP contribution in [0.5, 0.6) is 0 Å². The summed E-state index contributed by atoms with van der Waals surface area (Å²) in [5, 5.41) is 2.46. The highest BCUT2D eigenvalue weighted by Crippen LogP contribution is 2.33. The van der Waals surface area contributed by atoms with Crippen LogP contribution in [0, 0.1) is 0 Å². The number of anilines is 1. The molecule has 150 valence electrons. The fraction of sp³-hybridized carbons (Fsp3) is 0.350. The molecule has 0 aliphatic carbocycles. The second-order valence-corrected chi connectivity index (χ2v) is 7.19. The van der Waals surface area contributed by atoms with Crippen molar-refractivity contribution in [3.05, 3.63) is 64.7 Å². The summed E-state index contributed by atoms with van der Waals surface area (Å²) in [4.78, 5) is 16.6. The molecule has 1 saturated heterocycles. The number of nitrogens with one attached hydrogen (secondary N) is 1. The molecule has 0 aromatic heterocycles. The molecule has 2 aromatic carbocycles. The average molecular weight is 412 g/mol. The number of piperazine rings is 1. The highest BCUT2D eigenvalue weighted by atomic mass is 35.5. The molecule has 4 nitrogen and oxygen atoms in total. The van der Waals surface area contributed by atoms with Gasteiger partial charge in [0, 0.05) is 32.7 Å². The minimum Gasteiger partial charge on any atom is -0.324 e. The average Bonchev–Trinajstić information content (AvgIpc) is 2.65. The molecule has 1 amide bonds. The maximum absolute atomic E-state index is 12.7. The molecule has 0 atom stereocenters. The van der Waals surface area contributed by atoms with E-state index in [1.807, 2.05) is 23.1 Å². The molecule has 28 heavy (non-hydrogen) atoms. The molecular weight excluding hydrogens is 391 g/mol. The van der Waals surface area contributed by atoms with Crippen LogP contribution < -0.4 is 5.32 Å². The predicted octanol–water partition coefficient (Wildman–Crippen LogP) is 4.12. The van der Waals surface area contributed by atoms with E-state index in [1.165, 1.54) is 11.6 Å². The lowest BCUT2D eigenvalue weighted by atomic mass is 10.2. The van der Waals surface area contributed by atoms with Crippen molar-refractivity contribution < 1.29 is 18.0 Å². The van der Waals surface area contributed by atoms with Gasteiger partial charge < -0.3 is 5.32 Å². The second kappa shape index (κ2) is 8.94. The maximum atomic E-state index is 12.7. The minimum absolute atomic E-state index is 0.129. The van der Waals surface area contributed by atoms with E-state index in [0.29, 0.717) is 0 Å².